The Labute approximate surface area is 191 Å². The molecule has 4 aromatic rings. The average molecular weight is 469 g/mol. The van der Waals surface area contributed by atoms with E-state index in [1.807, 2.05) is 0 Å². The van der Waals surface area contributed by atoms with Crippen LogP contribution in [0, 0.1) is 30.2 Å². The predicted octanol–water partition coefficient (Wildman–Crippen LogP) is 5.71. The van der Waals surface area contributed by atoms with Gasteiger partial charge >= 0.3 is 5.97 Å². The van der Waals surface area contributed by atoms with Gasteiger partial charge in [0.25, 0.3) is 0 Å². The first-order valence-corrected chi connectivity index (χ1v) is 10.7. The molecule has 0 atom stereocenters. The molecular weight excluding hydrogens is 450 g/mol. The highest BCUT2D eigenvalue weighted by molar-refractivity contribution is 6.03. The maximum atomic E-state index is 15.2. The number of carboxylic acid groups (broad SMARTS) is 1. The van der Waals surface area contributed by atoms with Crippen molar-refractivity contribution in [2.45, 2.75) is 32.4 Å². The highest BCUT2D eigenvalue weighted by Gasteiger charge is 2.29. The lowest BCUT2D eigenvalue weighted by Crippen LogP contribution is -2.15. The average Bonchev–Trinajstić information content (AvgIpc) is 3.55. The fourth-order valence-electron chi connectivity index (χ4n) is 4.07. The first-order chi connectivity index (χ1) is 16.2. The number of rotatable bonds is 6. The summed E-state index contributed by atoms with van der Waals surface area (Å²) in [6.07, 6.45) is 2.13. The van der Waals surface area contributed by atoms with Crippen molar-refractivity contribution in [3.05, 3.63) is 76.6 Å². The molecule has 1 aromatic heterocycles. The van der Waals surface area contributed by atoms with Crippen molar-refractivity contribution in [1.82, 2.24) is 15.3 Å². The Hall–Kier alpha value is -3.72. The summed E-state index contributed by atoms with van der Waals surface area (Å²) in [6.45, 7) is 2.04. The number of nitrogens with one attached hydrogen (secondary N) is 2. The SMILES string of the molecule is Cc1nc2c(C(=O)O)cc(-c3c(F)c(F)c(-c4cccc(CNC5CC5)c4)c(F)c3F)cc2[nH]1. The number of hydrogen-bond donors (Lipinski definition) is 3. The second-order valence-electron chi connectivity index (χ2n) is 8.41. The summed E-state index contributed by atoms with van der Waals surface area (Å²) in [5.74, 6) is -7.35. The molecule has 0 amide bonds. The topological polar surface area (TPSA) is 78.0 Å². The molecule has 0 saturated heterocycles. The van der Waals surface area contributed by atoms with Gasteiger partial charge in [-0.3, -0.25) is 0 Å². The van der Waals surface area contributed by atoms with Gasteiger partial charge in [0.2, 0.25) is 0 Å². The van der Waals surface area contributed by atoms with E-state index in [4.69, 9.17) is 0 Å². The van der Waals surface area contributed by atoms with Crippen LogP contribution >= 0.6 is 0 Å². The van der Waals surface area contributed by atoms with E-state index in [1.165, 1.54) is 18.2 Å². The van der Waals surface area contributed by atoms with Gasteiger partial charge in [-0.2, -0.15) is 0 Å². The fourth-order valence-corrected chi connectivity index (χ4v) is 4.07. The number of hydrogen-bond acceptors (Lipinski definition) is 3. The molecule has 0 radical (unpaired) electrons. The van der Waals surface area contributed by atoms with Crippen molar-refractivity contribution in [2.75, 3.05) is 0 Å². The lowest BCUT2D eigenvalue weighted by molar-refractivity contribution is 0.0699. The highest BCUT2D eigenvalue weighted by atomic mass is 19.2. The predicted molar refractivity (Wildman–Crippen MR) is 118 cm³/mol. The summed E-state index contributed by atoms with van der Waals surface area (Å²) in [5.41, 5.74) is -1.51. The smallest absolute Gasteiger partial charge is 0.337 e. The third-order valence-corrected chi connectivity index (χ3v) is 5.88. The Kier molecular flexibility index (Phi) is 5.36. The van der Waals surface area contributed by atoms with Crippen molar-refractivity contribution in [3.8, 4) is 22.3 Å². The number of fused-ring (bicyclic) bond motifs is 1. The molecule has 0 aliphatic heterocycles. The van der Waals surface area contributed by atoms with Crippen LogP contribution in [0.15, 0.2) is 36.4 Å². The molecule has 1 heterocycles. The van der Waals surface area contributed by atoms with E-state index < -0.39 is 40.4 Å². The number of aromatic nitrogens is 2. The van der Waals surface area contributed by atoms with Gasteiger partial charge in [-0.1, -0.05) is 18.2 Å². The zero-order chi connectivity index (χ0) is 24.1. The third kappa shape index (κ3) is 3.81. The zero-order valence-electron chi connectivity index (χ0n) is 18.0. The van der Waals surface area contributed by atoms with E-state index >= 15 is 17.6 Å². The summed E-state index contributed by atoms with van der Waals surface area (Å²) < 4.78 is 60.8. The van der Waals surface area contributed by atoms with Crippen molar-refractivity contribution < 1.29 is 27.5 Å². The number of carboxylic acids is 1. The Morgan fingerprint density at radius 2 is 1.68 bits per heavy atom. The molecular formula is C25H19F4N3O2. The summed E-state index contributed by atoms with van der Waals surface area (Å²) in [6, 6.07) is 8.76. The van der Waals surface area contributed by atoms with Gasteiger partial charge in [0, 0.05) is 12.6 Å². The molecule has 1 aliphatic carbocycles. The minimum absolute atomic E-state index is 0.000293. The number of halogens is 4. The van der Waals surface area contributed by atoms with Gasteiger partial charge in [0.15, 0.2) is 23.3 Å². The molecule has 9 heteroatoms. The second kappa shape index (κ2) is 8.25. The second-order valence-corrected chi connectivity index (χ2v) is 8.41. The van der Waals surface area contributed by atoms with Gasteiger partial charge in [-0.05, 0) is 54.7 Å². The molecule has 1 saturated carbocycles. The van der Waals surface area contributed by atoms with Crippen LogP contribution in [0.4, 0.5) is 17.6 Å². The van der Waals surface area contributed by atoms with Crippen molar-refractivity contribution >= 4 is 17.0 Å². The molecule has 0 bridgehead atoms. The van der Waals surface area contributed by atoms with Gasteiger partial charge in [0.1, 0.15) is 11.3 Å². The molecule has 3 N–H and O–H groups in total. The van der Waals surface area contributed by atoms with Crippen LogP contribution in [0.1, 0.15) is 34.6 Å². The molecule has 1 fully saturated rings. The highest BCUT2D eigenvalue weighted by Crippen LogP contribution is 2.38. The van der Waals surface area contributed by atoms with E-state index in [0.717, 1.165) is 24.5 Å². The number of benzene rings is 3. The van der Waals surface area contributed by atoms with Crippen molar-refractivity contribution in [3.63, 3.8) is 0 Å². The van der Waals surface area contributed by atoms with Crippen LogP contribution < -0.4 is 5.32 Å². The molecule has 174 valence electrons. The molecule has 3 aromatic carbocycles. The van der Waals surface area contributed by atoms with Crippen LogP contribution in [0.2, 0.25) is 0 Å². The molecule has 0 spiro atoms. The first-order valence-electron chi connectivity index (χ1n) is 10.7. The number of imidazole rings is 1. The first kappa shape index (κ1) is 22.1. The van der Waals surface area contributed by atoms with Crippen molar-refractivity contribution in [1.29, 1.82) is 0 Å². The third-order valence-electron chi connectivity index (χ3n) is 5.88. The Morgan fingerprint density at radius 1 is 1.03 bits per heavy atom. The van der Waals surface area contributed by atoms with Crippen LogP contribution in [0.5, 0.6) is 0 Å². The minimum Gasteiger partial charge on any atom is -0.478 e. The molecule has 34 heavy (non-hydrogen) atoms. The summed E-state index contributed by atoms with van der Waals surface area (Å²) in [5, 5.41) is 12.8. The van der Waals surface area contributed by atoms with E-state index in [0.29, 0.717) is 18.4 Å². The maximum absolute atomic E-state index is 15.2. The van der Waals surface area contributed by atoms with Crippen LogP contribution in [-0.4, -0.2) is 27.1 Å². The molecule has 5 nitrogen and oxygen atoms in total. The number of H-pyrrole nitrogens is 1. The molecule has 5 rings (SSSR count). The molecule has 1 aliphatic rings. The lowest BCUT2D eigenvalue weighted by Gasteiger charge is -2.14. The number of carbonyl (C=O) groups is 1. The van der Waals surface area contributed by atoms with E-state index in [9.17, 15) is 9.90 Å². The van der Waals surface area contributed by atoms with Gasteiger partial charge in [-0.25, -0.2) is 27.3 Å². The summed E-state index contributed by atoms with van der Waals surface area (Å²) in [7, 11) is 0. The van der Waals surface area contributed by atoms with Crippen LogP contribution in [0.25, 0.3) is 33.3 Å². The largest absolute Gasteiger partial charge is 0.478 e. The van der Waals surface area contributed by atoms with Crippen LogP contribution in [-0.2, 0) is 6.54 Å². The summed E-state index contributed by atoms with van der Waals surface area (Å²) in [4.78, 5) is 18.5. The number of nitrogens with zero attached hydrogens (tertiary/aromatic N) is 1. The van der Waals surface area contributed by atoms with Gasteiger partial charge < -0.3 is 15.4 Å². The minimum atomic E-state index is -1.61. The normalized spacial score (nSPS) is 13.6. The maximum Gasteiger partial charge on any atom is 0.337 e. The standard InChI is InChI=1S/C25H19F4N3O2/c1-11-31-17-9-14(8-16(25(33)34)24(17)32-11)19-22(28)20(26)18(21(27)23(19)29)13-4-2-3-12(7-13)10-30-15-5-6-15/h2-4,7-9,15,30H,5-6,10H2,1H3,(H,31,32)(H,33,34). The van der Waals surface area contributed by atoms with E-state index in [-0.39, 0.29) is 27.7 Å². The number of aromatic amines is 1. The van der Waals surface area contributed by atoms with Crippen molar-refractivity contribution in [2.24, 2.45) is 0 Å². The number of aromatic carboxylic acids is 1. The zero-order valence-corrected chi connectivity index (χ0v) is 18.0. The fraction of sp³-hybridized carbons (Fsp3) is 0.200. The van der Waals surface area contributed by atoms with Crippen LogP contribution in [0.3, 0.4) is 0 Å². The lowest BCUT2D eigenvalue weighted by atomic mass is 9.95. The Morgan fingerprint density at radius 3 is 2.29 bits per heavy atom. The van der Waals surface area contributed by atoms with Gasteiger partial charge in [0.05, 0.1) is 22.2 Å². The Balaban J connectivity index is 1.65. The summed E-state index contributed by atoms with van der Waals surface area (Å²) >= 11 is 0. The molecule has 0 unspecified atom stereocenters. The van der Waals surface area contributed by atoms with E-state index in [1.54, 1.807) is 19.1 Å². The van der Waals surface area contributed by atoms with E-state index in [2.05, 4.69) is 15.3 Å². The monoisotopic (exact) mass is 469 g/mol. The quantitative estimate of drug-likeness (QED) is 0.250. The van der Waals surface area contributed by atoms with Gasteiger partial charge in [-0.15, -0.1) is 0 Å². The Bertz CT molecular complexity index is 1430. The number of aryl methyl sites for hydroxylation is 1.